The molecule has 0 saturated carbocycles. The summed E-state index contributed by atoms with van der Waals surface area (Å²) in [6, 6.07) is 10.3. The highest BCUT2D eigenvalue weighted by molar-refractivity contribution is 5.86. The van der Waals surface area contributed by atoms with Gasteiger partial charge >= 0.3 is 0 Å². The van der Waals surface area contributed by atoms with E-state index in [2.05, 4.69) is 44.7 Å². The molecular weight excluding hydrogens is 250 g/mol. The van der Waals surface area contributed by atoms with Gasteiger partial charge in [0.15, 0.2) is 11.5 Å². The molecule has 3 heterocycles. The molecule has 0 aliphatic heterocycles. The molecule has 1 aromatic carbocycles. The van der Waals surface area contributed by atoms with Crippen molar-refractivity contribution in [2.24, 2.45) is 7.05 Å². The largest absolute Gasteiger partial charge is 0.331 e. The highest BCUT2D eigenvalue weighted by Crippen LogP contribution is 2.25. The fraction of sp³-hybridized carbons (Fsp3) is 0.133. The number of pyridine rings is 1. The molecule has 5 heteroatoms. The zero-order chi connectivity index (χ0) is 13.7. The number of rotatable bonds is 1. The molecule has 0 aliphatic carbocycles. The molecular formula is C15H13N5. The monoisotopic (exact) mass is 263 g/mol. The molecule has 5 nitrogen and oxygen atoms in total. The van der Waals surface area contributed by atoms with Crippen molar-refractivity contribution in [1.82, 2.24) is 24.1 Å². The van der Waals surface area contributed by atoms with Crippen LogP contribution in [0.15, 0.2) is 42.7 Å². The van der Waals surface area contributed by atoms with Gasteiger partial charge in [0, 0.05) is 24.8 Å². The number of aryl methyl sites for hydroxylation is 2. The van der Waals surface area contributed by atoms with E-state index >= 15 is 0 Å². The first-order valence-corrected chi connectivity index (χ1v) is 6.47. The number of fused-ring (bicyclic) bond motifs is 3. The second-order valence-electron chi connectivity index (χ2n) is 4.92. The first-order valence-electron chi connectivity index (χ1n) is 6.47. The zero-order valence-corrected chi connectivity index (χ0v) is 11.3. The van der Waals surface area contributed by atoms with Crippen molar-refractivity contribution in [2.75, 3.05) is 0 Å². The zero-order valence-electron chi connectivity index (χ0n) is 11.3. The Balaban J connectivity index is 2.20. The molecule has 0 bridgehead atoms. The van der Waals surface area contributed by atoms with Crippen molar-refractivity contribution in [2.45, 2.75) is 6.92 Å². The van der Waals surface area contributed by atoms with Crippen molar-refractivity contribution in [3.63, 3.8) is 0 Å². The third-order valence-corrected chi connectivity index (χ3v) is 3.62. The Kier molecular flexibility index (Phi) is 2.18. The summed E-state index contributed by atoms with van der Waals surface area (Å²) >= 11 is 0. The van der Waals surface area contributed by atoms with Gasteiger partial charge < -0.3 is 4.57 Å². The van der Waals surface area contributed by atoms with Gasteiger partial charge in [-0.3, -0.25) is 4.40 Å². The third-order valence-electron chi connectivity index (χ3n) is 3.62. The van der Waals surface area contributed by atoms with Gasteiger partial charge in [-0.15, -0.1) is 10.2 Å². The summed E-state index contributed by atoms with van der Waals surface area (Å²) in [5.74, 6) is 1.58. The lowest BCUT2D eigenvalue weighted by atomic mass is 10.1. The highest BCUT2D eigenvalue weighted by Gasteiger charge is 2.15. The van der Waals surface area contributed by atoms with E-state index in [0.29, 0.717) is 0 Å². The lowest BCUT2D eigenvalue weighted by Crippen LogP contribution is -1.98. The molecule has 3 aromatic heterocycles. The number of aromatic nitrogens is 5. The van der Waals surface area contributed by atoms with Crippen LogP contribution in [0, 0.1) is 6.92 Å². The van der Waals surface area contributed by atoms with Crippen LogP contribution < -0.4 is 0 Å². The van der Waals surface area contributed by atoms with E-state index in [-0.39, 0.29) is 0 Å². The van der Waals surface area contributed by atoms with Gasteiger partial charge in [-0.05, 0) is 24.6 Å². The van der Waals surface area contributed by atoms with E-state index in [1.807, 2.05) is 29.9 Å². The van der Waals surface area contributed by atoms with Crippen LogP contribution in [0.1, 0.15) is 5.56 Å². The molecule has 98 valence electrons. The minimum atomic E-state index is 0.767. The summed E-state index contributed by atoms with van der Waals surface area (Å²) in [6.45, 7) is 2.09. The second kappa shape index (κ2) is 3.90. The summed E-state index contributed by atoms with van der Waals surface area (Å²) in [4.78, 5) is 4.38. The average Bonchev–Trinajstić information content (AvgIpc) is 3.05. The number of hydrogen-bond donors (Lipinski definition) is 0. The summed E-state index contributed by atoms with van der Waals surface area (Å²) in [6.07, 6.45) is 3.68. The molecule has 0 N–H and O–H groups in total. The molecule has 0 saturated heterocycles. The maximum absolute atomic E-state index is 4.38. The fourth-order valence-electron chi connectivity index (χ4n) is 2.63. The molecule has 0 aliphatic rings. The van der Waals surface area contributed by atoms with Gasteiger partial charge in [0.2, 0.25) is 5.82 Å². The maximum Gasteiger partial charge on any atom is 0.204 e. The SMILES string of the molecule is Cc1cc2nnc(-c3nccn3C)n2c2ccccc12. The van der Waals surface area contributed by atoms with Gasteiger partial charge in [-0.1, -0.05) is 18.2 Å². The van der Waals surface area contributed by atoms with Crippen molar-refractivity contribution in [3.05, 3.63) is 48.3 Å². The number of hydrogen-bond acceptors (Lipinski definition) is 3. The molecule has 0 unspecified atom stereocenters. The molecule has 0 radical (unpaired) electrons. The Labute approximate surface area is 115 Å². The van der Waals surface area contributed by atoms with Crippen LogP contribution >= 0.6 is 0 Å². The summed E-state index contributed by atoms with van der Waals surface area (Å²) < 4.78 is 4.01. The lowest BCUT2D eigenvalue weighted by molar-refractivity contribution is 0.903. The molecule has 4 aromatic rings. The van der Waals surface area contributed by atoms with Crippen molar-refractivity contribution in [3.8, 4) is 11.6 Å². The van der Waals surface area contributed by atoms with Gasteiger partial charge in [-0.2, -0.15) is 0 Å². The Morgan fingerprint density at radius 1 is 1.05 bits per heavy atom. The van der Waals surface area contributed by atoms with Crippen molar-refractivity contribution < 1.29 is 0 Å². The van der Waals surface area contributed by atoms with Crippen LogP contribution in [-0.4, -0.2) is 24.1 Å². The standard InChI is InChI=1S/C15H13N5/c1-10-9-13-17-18-15(14-16-7-8-19(14)2)20(13)12-6-4-3-5-11(10)12/h3-9H,1-2H3. The molecule has 0 atom stereocenters. The predicted octanol–water partition coefficient (Wildman–Crippen LogP) is 2.59. The van der Waals surface area contributed by atoms with Crippen LogP contribution in [0.25, 0.3) is 28.2 Å². The predicted molar refractivity (Wildman–Crippen MR) is 77.4 cm³/mol. The van der Waals surface area contributed by atoms with Gasteiger partial charge in [0.25, 0.3) is 0 Å². The molecule has 20 heavy (non-hydrogen) atoms. The van der Waals surface area contributed by atoms with Gasteiger partial charge in [0.05, 0.1) is 5.52 Å². The van der Waals surface area contributed by atoms with Crippen LogP contribution in [-0.2, 0) is 7.05 Å². The van der Waals surface area contributed by atoms with E-state index in [4.69, 9.17) is 0 Å². The number of para-hydroxylation sites is 1. The highest BCUT2D eigenvalue weighted by atomic mass is 15.3. The van der Waals surface area contributed by atoms with Crippen LogP contribution in [0.5, 0.6) is 0 Å². The summed E-state index contributed by atoms with van der Waals surface area (Å²) in [5, 5.41) is 9.81. The van der Waals surface area contributed by atoms with Gasteiger partial charge in [0.1, 0.15) is 0 Å². The molecule has 0 amide bonds. The molecule has 0 spiro atoms. The third kappa shape index (κ3) is 1.40. The van der Waals surface area contributed by atoms with Crippen molar-refractivity contribution >= 4 is 16.6 Å². The van der Waals surface area contributed by atoms with E-state index < -0.39 is 0 Å². The Hall–Kier alpha value is -2.69. The van der Waals surface area contributed by atoms with Gasteiger partial charge in [-0.25, -0.2) is 4.98 Å². The molecule has 0 fully saturated rings. The number of imidazole rings is 1. The first kappa shape index (κ1) is 11.2. The number of nitrogens with zero attached hydrogens (tertiary/aromatic N) is 5. The minimum absolute atomic E-state index is 0.767. The van der Waals surface area contributed by atoms with E-state index in [1.165, 1.54) is 10.9 Å². The Morgan fingerprint density at radius 2 is 1.90 bits per heavy atom. The number of benzene rings is 1. The minimum Gasteiger partial charge on any atom is -0.331 e. The topological polar surface area (TPSA) is 48.0 Å². The second-order valence-corrected chi connectivity index (χ2v) is 4.92. The Bertz CT molecular complexity index is 932. The average molecular weight is 263 g/mol. The lowest BCUT2D eigenvalue weighted by Gasteiger charge is -2.07. The quantitative estimate of drug-likeness (QED) is 0.530. The van der Waals surface area contributed by atoms with E-state index in [9.17, 15) is 0 Å². The van der Waals surface area contributed by atoms with Crippen molar-refractivity contribution in [1.29, 1.82) is 0 Å². The van der Waals surface area contributed by atoms with Crippen LogP contribution in [0.3, 0.4) is 0 Å². The van der Waals surface area contributed by atoms with Crippen LogP contribution in [0.2, 0.25) is 0 Å². The summed E-state index contributed by atoms with van der Waals surface area (Å²) in [5.41, 5.74) is 3.15. The van der Waals surface area contributed by atoms with E-state index in [0.717, 1.165) is 22.8 Å². The fourth-order valence-corrected chi connectivity index (χ4v) is 2.63. The first-order chi connectivity index (χ1) is 9.75. The van der Waals surface area contributed by atoms with E-state index in [1.54, 1.807) is 6.20 Å². The maximum atomic E-state index is 4.38. The van der Waals surface area contributed by atoms with Crippen LogP contribution in [0.4, 0.5) is 0 Å². The normalized spacial score (nSPS) is 11.5. The Morgan fingerprint density at radius 3 is 2.70 bits per heavy atom. The summed E-state index contributed by atoms with van der Waals surface area (Å²) in [7, 11) is 1.96. The molecule has 4 rings (SSSR count). The smallest absolute Gasteiger partial charge is 0.204 e.